The van der Waals surface area contributed by atoms with Crippen molar-refractivity contribution in [1.82, 2.24) is 5.32 Å². The first-order chi connectivity index (χ1) is 13.2. The van der Waals surface area contributed by atoms with Crippen LogP contribution in [0.15, 0.2) is 40.9 Å². The van der Waals surface area contributed by atoms with Crippen LogP contribution < -0.4 is 14.8 Å². The molecule has 0 aromatic heterocycles. The third-order valence-electron chi connectivity index (χ3n) is 4.72. The molecule has 0 aliphatic heterocycles. The second-order valence-corrected chi connectivity index (χ2v) is 8.80. The second-order valence-electron chi connectivity index (χ2n) is 7.94. The Morgan fingerprint density at radius 3 is 2.36 bits per heavy atom. The molecule has 0 saturated heterocycles. The highest BCUT2D eigenvalue weighted by molar-refractivity contribution is 9.10. The van der Waals surface area contributed by atoms with E-state index in [2.05, 4.69) is 48.1 Å². The van der Waals surface area contributed by atoms with Gasteiger partial charge in [-0.15, -0.1) is 0 Å². The first-order valence-corrected chi connectivity index (χ1v) is 10.3. The van der Waals surface area contributed by atoms with Crippen molar-refractivity contribution in [2.45, 2.75) is 52.5 Å². The molecule has 0 spiro atoms. The van der Waals surface area contributed by atoms with Crippen LogP contribution in [0, 0.1) is 6.92 Å². The highest BCUT2D eigenvalue weighted by Gasteiger charge is 2.17. The number of benzene rings is 2. The molecule has 0 aliphatic carbocycles. The van der Waals surface area contributed by atoms with Gasteiger partial charge < -0.3 is 14.8 Å². The molecular weight excluding hydrogens is 418 g/mol. The summed E-state index contributed by atoms with van der Waals surface area (Å²) in [6, 6.07) is 11.9. The Hall–Kier alpha value is -2.01. The first kappa shape index (κ1) is 22.3. The average Bonchev–Trinajstić information content (AvgIpc) is 2.64. The first-order valence-electron chi connectivity index (χ1n) is 9.52. The summed E-state index contributed by atoms with van der Waals surface area (Å²) in [5.41, 5.74) is 3.37. The van der Waals surface area contributed by atoms with Gasteiger partial charge in [0.1, 0.15) is 11.5 Å². The maximum Gasteiger partial charge on any atom is 0.258 e. The van der Waals surface area contributed by atoms with Crippen LogP contribution in [-0.4, -0.2) is 19.6 Å². The number of amides is 1. The van der Waals surface area contributed by atoms with Crippen molar-refractivity contribution in [2.75, 3.05) is 13.7 Å². The van der Waals surface area contributed by atoms with E-state index < -0.39 is 0 Å². The van der Waals surface area contributed by atoms with Crippen LogP contribution in [0.3, 0.4) is 0 Å². The maximum absolute atomic E-state index is 12.4. The largest absolute Gasteiger partial charge is 0.496 e. The summed E-state index contributed by atoms with van der Waals surface area (Å²) >= 11 is 3.54. The lowest BCUT2D eigenvalue weighted by molar-refractivity contribution is -0.123. The van der Waals surface area contributed by atoms with Gasteiger partial charge in [-0.1, -0.05) is 45.9 Å². The third-order valence-corrected chi connectivity index (χ3v) is 5.34. The summed E-state index contributed by atoms with van der Waals surface area (Å²) in [7, 11) is 1.66. The molecule has 0 saturated carbocycles. The standard InChI is InChI=1S/C23H30BrNO3/c1-7-19(16-8-10-20(27-6)15(2)12-16)25-22(26)14-28-21-11-9-17(13-18(21)24)23(3,4)5/h8-13,19H,7,14H2,1-6H3,(H,25,26)/t19-/m1/s1. The molecule has 0 bridgehead atoms. The van der Waals surface area contributed by atoms with E-state index in [0.29, 0.717) is 5.75 Å². The van der Waals surface area contributed by atoms with Gasteiger partial charge in [0.15, 0.2) is 6.61 Å². The summed E-state index contributed by atoms with van der Waals surface area (Å²) < 4.78 is 11.9. The molecule has 2 rings (SSSR count). The molecule has 0 radical (unpaired) electrons. The Balaban J connectivity index is 2.00. The van der Waals surface area contributed by atoms with E-state index in [4.69, 9.17) is 9.47 Å². The molecule has 1 atom stereocenters. The number of rotatable bonds is 7. The van der Waals surface area contributed by atoms with Crippen molar-refractivity contribution in [1.29, 1.82) is 0 Å². The number of nitrogens with one attached hydrogen (secondary N) is 1. The van der Waals surface area contributed by atoms with Crippen LogP contribution in [0.4, 0.5) is 0 Å². The number of ether oxygens (including phenoxy) is 2. The molecule has 2 aromatic carbocycles. The lowest BCUT2D eigenvalue weighted by Gasteiger charge is -2.21. The van der Waals surface area contributed by atoms with E-state index in [1.54, 1.807) is 7.11 Å². The van der Waals surface area contributed by atoms with E-state index in [9.17, 15) is 4.79 Å². The van der Waals surface area contributed by atoms with E-state index in [1.165, 1.54) is 5.56 Å². The van der Waals surface area contributed by atoms with Gasteiger partial charge in [-0.3, -0.25) is 4.79 Å². The average molecular weight is 448 g/mol. The van der Waals surface area contributed by atoms with Crippen molar-refractivity contribution in [3.8, 4) is 11.5 Å². The molecule has 152 valence electrons. The van der Waals surface area contributed by atoms with Crippen molar-refractivity contribution in [2.24, 2.45) is 0 Å². The van der Waals surface area contributed by atoms with Crippen LogP contribution in [0.1, 0.15) is 56.8 Å². The van der Waals surface area contributed by atoms with Crippen LogP contribution in [0.25, 0.3) is 0 Å². The van der Waals surface area contributed by atoms with Gasteiger partial charge in [-0.2, -0.15) is 0 Å². The van der Waals surface area contributed by atoms with Crippen LogP contribution in [0.2, 0.25) is 0 Å². The summed E-state index contributed by atoms with van der Waals surface area (Å²) in [4.78, 5) is 12.4. The van der Waals surface area contributed by atoms with Gasteiger partial charge in [-0.25, -0.2) is 0 Å². The zero-order valence-corrected chi connectivity index (χ0v) is 19.1. The van der Waals surface area contributed by atoms with Crippen molar-refractivity contribution >= 4 is 21.8 Å². The van der Waals surface area contributed by atoms with Crippen molar-refractivity contribution in [3.63, 3.8) is 0 Å². The fourth-order valence-electron chi connectivity index (χ4n) is 3.00. The quantitative estimate of drug-likeness (QED) is 0.590. The molecule has 1 N–H and O–H groups in total. The third kappa shape index (κ3) is 5.74. The molecule has 5 heteroatoms. The van der Waals surface area contributed by atoms with Crippen LogP contribution in [-0.2, 0) is 10.2 Å². The summed E-state index contributed by atoms with van der Waals surface area (Å²) in [5, 5.41) is 3.05. The minimum absolute atomic E-state index is 0.0287. The van der Waals surface area contributed by atoms with E-state index >= 15 is 0 Å². The molecule has 0 fully saturated rings. The zero-order valence-electron chi connectivity index (χ0n) is 17.6. The normalized spacial score (nSPS) is 12.4. The summed E-state index contributed by atoms with van der Waals surface area (Å²) in [5.74, 6) is 1.36. The number of methoxy groups -OCH3 is 1. The SMILES string of the molecule is CC[C@@H](NC(=O)COc1ccc(C(C)(C)C)cc1Br)c1ccc(OC)c(C)c1. The van der Waals surface area contributed by atoms with Gasteiger partial charge >= 0.3 is 0 Å². The Morgan fingerprint density at radius 1 is 1.14 bits per heavy atom. The Bertz CT molecular complexity index is 827. The number of carbonyl (C=O) groups excluding carboxylic acids is 1. The Morgan fingerprint density at radius 2 is 1.82 bits per heavy atom. The molecule has 28 heavy (non-hydrogen) atoms. The lowest BCUT2D eigenvalue weighted by Crippen LogP contribution is -2.32. The van der Waals surface area contributed by atoms with Gasteiger partial charge in [0, 0.05) is 0 Å². The summed E-state index contributed by atoms with van der Waals surface area (Å²) in [6.07, 6.45) is 0.793. The monoisotopic (exact) mass is 447 g/mol. The summed E-state index contributed by atoms with van der Waals surface area (Å²) in [6.45, 7) is 10.5. The number of hydrogen-bond acceptors (Lipinski definition) is 3. The molecule has 0 aliphatic rings. The number of hydrogen-bond donors (Lipinski definition) is 1. The van der Waals surface area contributed by atoms with Crippen molar-refractivity contribution in [3.05, 3.63) is 57.6 Å². The van der Waals surface area contributed by atoms with Gasteiger partial charge in [0.05, 0.1) is 17.6 Å². The molecule has 2 aromatic rings. The predicted octanol–water partition coefficient (Wildman–Crippen LogP) is 5.71. The molecule has 4 nitrogen and oxygen atoms in total. The highest BCUT2D eigenvalue weighted by Crippen LogP contribution is 2.31. The van der Waals surface area contributed by atoms with E-state index in [-0.39, 0.29) is 24.0 Å². The Labute approximate surface area is 176 Å². The lowest BCUT2D eigenvalue weighted by atomic mass is 9.87. The fourth-order valence-corrected chi connectivity index (χ4v) is 3.50. The van der Waals surface area contributed by atoms with Crippen molar-refractivity contribution < 1.29 is 14.3 Å². The maximum atomic E-state index is 12.4. The topological polar surface area (TPSA) is 47.6 Å². The highest BCUT2D eigenvalue weighted by atomic mass is 79.9. The number of aryl methyl sites for hydroxylation is 1. The molecule has 0 heterocycles. The van der Waals surface area contributed by atoms with Crippen LogP contribution >= 0.6 is 15.9 Å². The van der Waals surface area contributed by atoms with Gasteiger partial charge in [-0.05, 0) is 69.6 Å². The zero-order chi connectivity index (χ0) is 20.9. The van der Waals surface area contributed by atoms with Gasteiger partial charge in [0.25, 0.3) is 5.91 Å². The van der Waals surface area contributed by atoms with E-state index in [1.807, 2.05) is 44.2 Å². The predicted molar refractivity (Wildman–Crippen MR) is 117 cm³/mol. The number of carbonyl (C=O) groups is 1. The molecule has 1 amide bonds. The smallest absolute Gasteiger partial charge is 0.258 e. The molecule has 0 unspecified atom stereocenters. The minimum atomic E-state index is -0.146. The number of halogens is 1. The van der Waals surface area contributed by atoms with Crippen LogP contribution in [0.5, 0.6) is 11.5 Å². The second kappa shape index (κ2) is 9.46. The van der Waals surface area contributed by atoms with E-state index in [0.717, 1.165) is 27.8 Å². The van der Waals surface area contributed by atoms with Gasteiger partial charge in [0.2, 0.25) is 0 Å². The minimum Gasteiger partial charge on any atom is -0.496 e. The Kier molecular flexibility index (Phi) is 7.53. The fraction of sp³-hybridized carbons (Fsp3) is 0.435. The molecular formula is C23H30BrNO3.